The largest absolute Gasteiger partial charge is 0.354 e. The Morgan fingerprint density at radius 3 is 2.52 bits per heavy atom. The van der Waals surface area contributed by atoms with Gasteiger partial charge in [0.05, 0.1) is 11.6 Å². The lowest BCUT2D eigenvalue weighted by Gasteiger charge is -2.19. The Morgan fingerprint density at radius 1 is 1.30 bits per heavy atom. The molecule has 0 aliphatic heterocycles. The summed E-state index contributed by atoms with van der Waals surface area (Å²) in [4.78, 5) is 4.15. The zero-order valence-electron chi connectivity index (χ0n) is 14.2. The molecule has 0 fully saturated rings. The van der Waals surface area contributed by atoms with Crippen molar-refractivity contribution in [1.29, 1.82) is 5.26 Å². The van der Waals surface area contributed by atoms with Crippen LogP contribution in [0.25, 0.3) is 0 Å². The third-order valence-electron chi connectivity index (χ3n) is 3.41. The van der Waals surface area contributed by atoms with Crippen molar-refractivity contribution in [1.82, 2.24) is 10.6 Å². The van der Waals surface area contributed by atoms with Gasteiger partial charge in [-0.3, -0.25) is 4.99 Å². The molecule has 4 nitrogen and oxygen atoms in total. The molecule has 0 amide bonds. The Bertz CT molecular complexity index is 552. The molecule has 0 saturated carbocycles. The van der Waals surface area contributed by atoms with Crippen LogP contribution in [0.3, 0.4) is 0 Å². The van der Waals surface area contributed by atoms with Crippen molar-refractivity contribution in [3.63, 3.8) is 0 Å². The van der Waals surface area contributed by atoms with Gasteiger partial charge in [0.15, 0.2) is 5.96 Å². The summed E-state index contributed by atoms with van der Waals surface area (Å²) in [5.74, 6) is 0.946. The molecule has 1 unspecified atom stereocenters. The van der Waals surface area contributed by atoms with Crippen LogP contribution in [0.1, 0.15) is 44.7 Å². The minimum atomic E-state index is -0.380. The molecule has 1 rings (SSSR count). The molecule has 0 spiro atoms. The molecule has 128 valence electrons. The molecule has 0 heterocycles. The van der Waals surface area contributed by atoms with Crippen LogP contribution >= 0.6 is 24.0 Å². The van der Waals surface area contributed by atoms with E-state index in [9.17, 15) is 4.39 Å². The second-order valence-electron chi connectivity index (χ2n) is 5.86. The maximum absolute atomic E-state index is 13.8. The maximum atomic E-state index is 13.8. The summed E-state index contributed by atoms with van der Waals surface area (Å²) < 4.78 is 13.8. The Hall–Kier alpha value is -1.36. The standard InChI is InChI=1S/C17H25FN4.HI/c1-12(2)5-6-13(3)22-17(20-4)21-11-15-8-7-14(10-19)9-16(15)18;/h7-9,12-13H,5-6,11H2,1-4H3,(H2,20,21,22);1H. The summed E-state index contributed by atoms with van der Waals surface area (Å²) in [6.45, 7) is 6.84. The molecular formula is C17H26FIN4. The quantitative estimate of drug-likeness (QED) is 0.409. The average molecular weight is 432 g/mol. The van der Waals surface area contributed by atoms with Crippen molar-refractivity contribution in [2.45, 2.75) is 46.2 Å². The highest BCUT2D eigenvalue weighted by molar-refractivity contribution is 14.0. The van der Waals surface area contributed by atoms with Crippen molar-refractivity contribution in [3.8, 4) is 6.07 Å². The van der Waals surface area contributed by atoms with Gasteiger partial charge < -0.3 is 10.6 Å². The molecule has 0 bridgehead atoms. The SMILES string of the molecule is CN=C(NCc1ccc(C#N)cc1F)NC(C)CCC(C)C.I. The number of hydrogen-bond acceptors (Lipinski definition) is 2. The topological polar surface area (TPSA) is 60.2 Å². The molecule has 0 aromatic heterocycles. The van der Waals surface area contributed by atoms with Crippen LogP contribution in [-0.2, 0) is 6.54 Å². The number of benzene rings is 1. The van der Waals surface area contributed by atoms with Crippen LogP contribution in [0.4, 0.5) is 4.39 Å². The van der Waals surface area contributed by atoms with Crippen LogP contribution in [0.5, 0.6) is 0 Å². The molecule has 1 aromatic carbocycles. The summed E-state index contributed by atoms with van der Waals surface area (Å²) in [5, 5.41) is 15.1. The number of rotatable bonds is 6. The molecule has 1 atom stereocenters. The molecule has 2 N–H and O–H groups in total. The van der Waals surface area contributed by atoms with E-state index in [1.165, 1.54) is 6.07 Å². The highest BCUT2D eigenvalue weighted by Crippen LogP contribution is 2.10. The fraction of sp³-hybridized carbons (Fsp3) is 0.529. The van der Waals surface area contributed by atoms with Crippen LogP contribution in [-0.4, -0.2) is 19.0 Å². The van der Waals surface area contributed by atoms with E-state index in [1.54, 1.807) is 19.2 Å². The third-order valence-corrected chi connectivity index (χ3v) is 3.41. The molecule has 1 aromatic rings. The summed E-state index contributed by atoms with van der Waals surface area (Å²) in [6, 6.07) is 6.71. The van der Waals surface area contributed by atoms with E-state index in [0.29, 0.717) is 35.6 Å². The van der Waals surface area contributed by atoms with Gasteiger partial charge in [-0.1, -0.05) is 19.9 Å². The summed E-state index contributed by atoms with van der Waals surface area (Å²) in [5.41, 5.74) is 0.836. The first-order valence-electron chi connectivity index (χ1n) is 7.62. The smallest absolute Gasteiger partial charge is 0.191 e. The first kappa shape index (κ1) is 21.6. The summed E-state index contributed by atoms with van der Waals surface area (Å²) in [7, 11) is 1.69. The molecular weight excluding hydrogens is 406 g/mol. The minimum absolute atomic E-state index is 0. The van der Waals surface area contributed by atoms with Crippen LogP contribution < -0.4 is 10.6 Å². The predicted molar refractivity (Wildman–Crippen MR) is 103 cm³/mol. The molecule has 0 aliphatic rings. The number of halogens is 2. The molecule has 23 heavy (non-hydrogen) atoms. The van der Waals surface area contributed by atoms with Crippen molar-refractivity contribution in [2.24, 2.45) is 10.9 Å². The van der Waals surface area contributed by atoms with Gasteiger partial charge in [-0.15, -0.1) is 24.0 Å². The van der Waals surface area contributed by atoms with Crippen LogP contribution in [0, 0.1) is 23.1 Å². The molecule has 6 heteroatoms. The first-order chi connectivity index (χ1) is 10.5. The van der Waals surface area contributed by atoms with Crippen molar-refractivity contribution < 1.29 is 4.39 Å². The number of nitriles is 1. The lowest BCUT2D eigenvalue weighted by Crippen LogP contribution is -2.42. The van der Waals surface area contributed by atoms with Gasteiger partial charge in [0.25, 0.3) is 0 Å². The number of hydrogen-bond donors (Lipinski definition) is 2. The second-order valence-corrected chi connectivity index (χ2v) is 5.86. The van der Waals surface area contributed by atoms with E-state index < -0.39 is 0 Å². The zero-order valence-corrected chi connectivity index (χ0v) is 16.5. The van der Waals surface area contributed by atoms with Gasteiger partial charge >= 0.3 is 0 Å². The Labute approximate surface area is 155 Å². The summed E-state index contributed by atoms with van der Waals surface area (Å²) >= 11 is 0. The lowest BCUT2D eigenvalue weighted by atomic mass is 10.0. The highest BCUT2D eigenvalue weighted by Gasteiger charge is 2.08. The van der Waals surface area contributed by atoms with Crippen molar-refractivity contribution in [2.75, 3.05) is 7.05 Å². The van der Waals surface area contributed by atoms with E-state index in [1.807, 2.05) is 6.07 Å². The normalized spacial score (nSPS) is 12.3. The van der Waals surface area contributed by atoms with E-state index in [2.05, 4.69) is 36.4 Å². The second kappa shape index (κ2) is 11.2. The van der Waals surface area contributed by atoms with Crippen LogP contribution in [0.15, 0.2) is 23.2 Å². The van der Waals surface area contributed by atoms with Gasteiger partial charge in [0.2, 0.25) is 0 Å². The average Bonchev–Trinajstić information content (AvgIpc) is 2.50. The molecule has 0 saturated heterocycles. The third kappa shape index (κ3) is 8.16. The molecule has 0 aliphatic carbocycles. The Morgan fingerprint density at radius 2 is 2.00 bits per heavy atom. The number of guanidine groups is 1. The highest BCUT2D eigenvalue weighted by atomic mass is 127. The van der Waals surface area contributed by atoms with E-state index in [-0.39, 0.29) is 29.8 Å². The van der Waals surface area contributed by atoms with Gasteiger partial charge in [0.1, 0.15) is 5.82 Å². The first-order valence-corrected chi connectivity index (χ1v) is 7.62. The van der Waals surface area contributed by atoms with Gasteiger partial charge in [-0.05, 0) is 37.8 Å². The van der Waals surface area contributed by atoms with Gasteiger partial charge in [0, 0.05) is 25.2 Å². The fourth-order valence-corrected chi connectivity index (χ4v) is 2.02. The van der Waals surface area contributed by atoms with Gasteiger partial charge in [-0.25, -0.2) is 4.39 Å². The lowest BCUT2D eigenvalue weighted by molar-refractivity contribution is 0.488. The zero-order chi connectivity index (χ0) is 16.5. The van der Waals surface area contributed by atoms with E-state index in [0.717, 1.165) is 12.8 Å². The van der Waals surface area contributed by atoms with Crippen molar-refractivity contribution in [3.05, 3.63) is 35.1 Å². The Kier molecular flexibility index (Phi) is 10.6. The predicted octanol–water partition coefficient (Wildman–Crippen LogP) is 3.81. The maximum Gasteiger partial charge on any atom is 0.191 e. The van der Waals surface area contributed by atoms with E-state index >= 15 is 0 Å². The minimum Gasteiger partial charge on any atom is -0.354 e. The van der Waals surface area contributed by atoms with E-state index in [4.69, 9.17) is 5.26 Å². The summed E-state index contributed by atoms with van der Waals surface area (Å²) in [6.07, 6.45) is 2.21. The van der Waals surface area contributed by atoms with Gasteiger partial charge in [-0.2, -0.15) is 5.26 Å². The Balaban J connectivity index is 0.00000484. The molecule has 0 radical (unpaired) electrons. The number of nitrogens with zero attached hydrogens (tertiary/aromatic N) is 2. The number of nitrogens with one attached hydrogen (secondary N) is 2. The van der Waals surface area contributed by atoms with Crippen LogP contribution in [0.2, 0.25) is 0 Å². The monoisotopic (exact) mass is 432 g/mol. The van der Waals surface area contributed by atoms with Crippen molar-refractivity contribution >= 4 is 29.9 Å². The fourth-order valence-electron chi connectivity index (χ4n) is 2.02. The number of aliphatic imine (C=N–C) groups is 1.